The van der Waals surface area contributed by atoms with Crippen LogP contribution in [0.1, 0.15) is 25.7 Å². The molecule has 0 amide bonds. The summed E-state index contributed by atoms with van der Waals surface area (Å²) in [7, 11) is -3.67. The fourth-order valence-corrected chi connectivity index (χ4v) is 0.842. The van der Waals surface area contributed by atoms with Crippen LogP contribution in [0.15, 0.2) is 0 Å². The predicted molar refractivity (Wildman–Crippen MR) is 59.2 cm³/mol. The van der Waals surface area contributed by atoms with Crippen LogP contribution in [-0.2, 0) is 19.7 Å². The molecular formula is C8H17NO7S. The SMILES string of the molecule is CS(=O)(=O)O.NC(CCCC(=O)O)CC(=O)O. The standard InChI is InChI=1S/C7H13NO4.CH4O3S/c8-5(4-7(11)12)2-1-3-6(9)10;1-5(2,3)4/h5H,1-4,8H2,(H,9,10)(H,11,12);1H3,(H,2,3,4). The molecule has 1 unspecified atom stereocenters. The average Bonchev–Trinajstić information content (AvgIpc) is 1.97. The second kappa shape index (κ2) is 8.90. The zero-order valence-corrected chi connectivity index (χ0v) is 10.2. The molecule has 0 heterocycles. The molecule has 5 N–H and O–H groups in total. The molecule has 0 rings (SSSR count). The van der Waals surface area contributed by atoms with E-state index in [4.69, 9.17) is 20.5 Å². The second-order valence-corrected chi connectivity index (χ2v) is 4.84. The third kappa shape index (κ3) is 31.3. The fraction of sp³-hybridized carbons (Fsp3) is 0.750. The van der Waals surface area contributed by atoms with Gasteiger partial charge in [-0.2, -0.15) is 8.42 Å². The maximum absolute atomic E-state index is 10.1. The minimum Gasteiger partial charge on any atom is -0.481 e. The number of hydrogen-bond acceptors (Lipinski definition) is 5. The first-order valence-corrected chi connectivity index (χ1v) is 6.48. The van der Waals surface area contributed by atoms with Gasteiger partial charge in [-0.1, -0.05) is 0 Å². The van der Waals surface area contributed by atoms with Crippen molar-refractivity contribution in [2.24, 2.45) is 5.73 Å². The van der Waals surface area contributed by atoms with Crippen LogP contribution in [0.2, 0.25) is 0 Å². The minimum absolute atomic E-state index is 0.0489. The Hall–Kier alpha value is -1.19. The lowest BCUT2D eigenvalue weighted by molar-refractivity contribution is -0.137. The number of rotatable bonds is 6. The van der Waals surface area contributed by atoms with Crippen molar-refractivity contribution >= 4 is 22.1 Å². The molecule has 0 radical (unpaired) electrons. The molecule has 0 spiro atoms. The van der Waals surface area contributed by atoms with Crippen LogP contribution in [0.3, 0.4) is 0 Å². The highest BCUT2D eigenvalue weighted by molar-refractivity contribution is 7.85. The third-order valence-electron chi connectivity index (χ3n) is 1.40. The summed E-state index contributed by atoms with van der Waals surface area (Å²) in [5, 5.41) is 16.5. The predicted octanol–water partition coefficient (Wildman–Crippen LogP) is -0.453. The van der Waals surface area contributed by atoms with Crippen molar-refractivity contribution in [2.45, 2.75) is 31.7 Å². The quantitative estimate of drug-likeness (QED) is 0.473. The molecule has 17 heavy (non-hydrogen) atoms. The van der Waals surface area contributed by atoms with Crippen LogP contribution in [0.5, 0.6) is 0 Å². The van der Waals surface area contributed by atoms with E-state index in [1.165, 1.54) is 0 Å². The van der Waals surface area contributed by atoms with Gasteiger partial charge in [-0.3, -0.25) is 14.1 Å². The van der Waals surface area contributed by atoms with Crippen molar-refractivity contribution in [1.29, 1.82) is 0 Å². The minimum atomic E-state index is -3.67. The molecule has 0 aromatic heterocycles. The Morgan fingerprint density at radius 1 is 1.24 bits per heavy atom. The zero-order valence-electron chi connectivity index (χ0n) is 9.37. The van der Waals surface area contributed by atoms with E-state index in [9.17, 15) is 18.0 Å². The third-order valence-corrected chi connectivity index (χ3v) is 1.40. The van der Waals surface area contributed by atoms with E-state index in [0.29, 0.717) is 19.1 Å². The Morgan fingerprint density at radius 3 is 1.94 bits per heavy atom. The number of hydrogen-bond donors (Lipinski definition) is 4. The normalized spacial score (nSPS) is 12.2. The molecule has 0 aromatic rings. The number of carboxylic acid groups (broad SMARTS) is 2. The lowest BCUT2D eigenvalue weighted by Crippen LogP contribution is -2.23. The first kappa shape index (κ1) is 18.2. The van der Waals surface area contributed by atoms with Gasteiger partial charge >= 0.3 is 11.9 Å². The van der Waals surface area contributed by atoms with Crippen LogP contribution in [0, 0.1) is 0 Å². The van der Waals surface area contributed by atoms with Gasteiger partial charge < -0.3 is 15.9 Å². The summed E-state index contributed by atoms with van der Waals surface area (Å²) in [4.78, 5) is 20.2. The van der Waals surface area contributed by atoms with E-state index in [1.54, 1.807) is 0 Å². The summed E-state index contributed by atoms with van der Waals surface area (Å²) < 4.78 is 25.9. The molecular weight excluding hydrogens is 254 g/mol. The molecule has 9 heteroatoms. The summed E-state index contributed by atoms with van der Waals surface area (Å²) in [5.41, 5.74) is 5.39. The van der Waals surface area contributed by atoms with Gasteiger partial charge in [0.25, 0.3) is 10.1 Å². The Balaban J connectivity index is 0. The number of carbonyl (C=O) groups is 2. The first-order chi connectivity index (χ1) is 7.52. The summed E-state index contributed by atoms with van der Waals surface area (Å²) in [6, 6.07) is -0.429. The van der Waals surface area contributed by atoms with Crippen LogP contribution >= 0.6 is 0 Å². The van der Waals surface area contributed by atoms with E-state index in [2.05, 4.69) is 0 Å². The molecule has 102 valence electrons. The van der Waals surface area contributed by atoms with Gasteiger partial charge in [-0.15, -0.1) is 0 Å². The summed E-state index contributed by atoms with van der Waals surface area (Å²) in [5.74, 6) is -1.82. The van der Waals surface area contributed by atoms with E-state index in [1.807, 2.05) is 0 Å². The summed E-state index contributed by atoms with van der Waals surface area (Å²) >= 11 is 0. The largest absolute Gasteiger partial charge is 0.481 e. The molecule has 0 aliphatic heterocycles. The Kier molecular flexibility index (Phi) is 9.52. The molecule has 1 atom stereocenters. The molecule has 0 saturated carbocycles. The zero-order chi connectivity index (χ0) is 14.1. The van der Waals surface area contributed by atoms with E-state index < -0.39 is 28.1 Å². The van der Waals surface area contributed by atoms with Crippen molar-refractivity contribution in [3.8, 4) is 0 Å². The number of aliphatic carboxylic acids is 2. The van der Waals surface area contributed by atoms with Gasteiger partial charge in [-0.25, -0.2) is 0 Å². The van der Waals surface area contributed by atoms with E-state index in [0.717, 1.165) is 0 Å². The number of nitrogens with two attached hydrogens (primary N) is 1. The van der Waals surface area contributed by atoms with Gasteiger partial charge in [0.05, 0.1) is 12.7 Å². The molecule has 0 aliphatic carbocycles. The van der Waals surface area contributed by atoms with E-state index in [-0.39, 0.29) is 12.8 Å². The average molecular weight is 271 g/mol. The van der Waals surface area contributed by atoms with Crippen molar-refractivity contribution in [3.63, 3.8) is 0 Å². The van der Waals surface area contributed by atoms with Crippen LogP contribution in [-0.4, -0.2) is 47.4 Å². The van der Waals surface area contributed by atoms with Crippen molar-refractivity contribution in [3.05, 3.63) is 0 Å². The summed E-state index contributed by atoms with van der Waals surface area (Å²) in [6.07, 6.45) is 1.54. The van der Waals surface area contributed by atoms with Crippen molar-refractivity contribution in [2.75, 3.05) is 6.26 Å². The topological polar surface area (TPSA) is 155 Å². The highest BCUT2D eigenvalue weighted by Crippen LogP contribution is 2.01. The highest BCUT2D eigenvalue weighted by Gasteiger charge is 2.08. The molecule has 0 bridgehead atoms. The monoisotopic (exact) mass is 271 g/mol. The maximum atomic E-state index is 10.1. The van der Waals surface area contributed by atoms with Crippen LogP contribution < -0.4 is 5.73 Å². The fourth-order valence-electron chi connectivity index (χ4n) is 0.842. The smallest absolute Gasteiger partial charge is 0.304 e. The van der Waals surface area contributed by atoms with Gasteiger partial charge in [0.15, 0.2) is 0 Å². The van der Waals surface area contributed by atoms with Gasteiger partial charge in [-0.05, 0) is 12.8 Å². The first-order valence-electron chi connectivity index (χ1n) is 4.64. The molecule has 0 fully saturated rings. The maximum Gasteiger partial charge on any atom is 0.304 e. The molecule has 0 aliphatic rings. The van der Waals surface area contributed by atoms with Crippen LogP contribution in [0.4, 0.5) is 0 Å². The highest BCUT2D eigenvalue weighted by atomic mass is 32.2. The Bertz CT molecular complexity index is 330. The van der Waals surface area contributed by atoms with Gasteiger partial charge in [0.2, 0.25) is 0 Å². The van der Waals surface area contributed by atoms with Gasteiger partial charge in [0, 0.05) is 12.5 Å². The Labute approximate surface area is 99.2 Å². The molecule has 0 aromatic carbocycles. The van der Waals surface area contributed by atoms with Gasteiger partial charge in [0.1, 0.15) is 0 Å². The second-order valence-electron chi connectivity index (χ2n) is 3.38. The van der Waals surface area contributed by atoms with Crippen molar-refractivity contribution in [1.82, 2.24) is 0 Å². The lowest BCUT2D eigenvalue weighted by atomic mass is 10.1. The van der Waals surface area contributed by atoms with Crippen molar-refractivity contribution < 1.29 is 32.8 Å². The van der Waals surface area contributed by atoms with E-state index >= 15 is 0 Å². The summed E-state index contributed by atoms with van der Waals surface area (Å²) in [6.45, 7) is 0. The molecule has 0 saturated heterocycles. The number of carboxylic acids is 2. The molecule has 8 nitrogen and oxygen atoms in total. The Morgan fingerprint density at radius 2 is 1.65 bits per heavy atom. The lowest BCUT2D eigenvalue weighted by Gasteiger charge is -2.06. The van der Waals surface area contributed by atoms with Crippen LogP contribution in [0.25, 0.3) is 0 Å².